The number of aliphatic hydroxyl groups is 1. The Hall–Kier alpha value is -0.570. The van der Waals surface area contributed by atoms with Crippen molar-refractivity contribution in [2.45, 2.75) is 33.3 Å². The fraction of sp³-hybridized carbons (Fsp3) is 0.875. The molecular weight excluding hydrogens is 144 g/mol. The molecule has 0 radical (unpaired) electrons. The van der Waals surface area contributed by atoms with E-state index in [9.17, 15) is 4.79 Å². The van der Waals surface area contributed by atoms with E-state index in [0.29, 0.717) is 0 Å². The molecule has 0 spiro atoms. The molecule has 0 unspecified atom stereocenters. The van der Waals surface area contributed by atoms with Gasteiger partial charge in [0.05, 0.1) is 12.5 Å². The quantitative estimate of drug-likeness (QED) is 0.612. The fourth-order valence-corrected chi connectivity index (χ4v) is 0.477. The van der Waals surface area contributed by atoms with Crippen molar-refractivity contribution in [2.24, 2.45) is 5.92 Å². The first-order valence-electron chi connectivity index (χ1n) is 3.70. The smallest absolute Gasteiger partial charge is 0.311 e. The number of esters is 1. The number of carbonyl (C=O) groups excluding carboxylic acids is 1. The summed E-state index contributed by atoms with van der Waals surface area (Å²) in [7, 11) is 0. The predicted molar refractivity (Wildman–Crippen MR) is 42.1 cm³/mol. The molecule has 0 aromatic rings. The minimum Gasteiger partial charge on any atom is -0.460 e. The van der Waals surface area contributed by atoms with Crippen LogP contribution in [0, 0.1) is 5.92 Å². The summed E-state index contributed by atoms with van der Waals surface area (Å²) in [5, 5.41) is 8.60. The van der Waals surface area contributed by atoms with Gasteiger partial charge >= 0.3 is 5.97 Å². The van der Waals surface area contributed by atoms with Crippen LogP contribution in [0.25, 0.3) is 0 Å². The van der Waals surface area contributed by atoms with Gasteiger partial charge in [0.2, 0.25) is 0 Å². The Morgan fingerprint density at radius 1 is 1.55 bits per heavy atom. The van der Waals surface area contributed by atoms with Crippen molar-refractivity contribution in [3.8, 4) is 0 Å². The second-order valence-corrected chi connectivity index (χ2v) is 3.62. The maximum absolute atomic E-state index is 11.0. The first kappa shape index (κ1) is 10.4. The van der Waals surface area contributed by atoms with Crippen LogP contribution in [-0.2, 0) is 9.53 Å². The summed E-state index contributed by atoms with van der Waals surface area (Å²) in [5.74, 6) is -0.769. The lowest BCUT2D eigenvalue weighted by Crippen LogP contribution is -2.28. The third-order valence-corrected chi connectivity index (χ3v) is 1.08. The lowest BCUT2D eigenvalue weighted by molar-refractivity contribution is -0.160. The molecule has 0 saturated carbocycles. The van der Waals surface area contributed by atoms with Crippen LogP contribution in [0.1, 0.15) is 27.7 Å². The molecular formula is C8H16O3. The third-order valence-electron chi connectivity index (χ3n) is 1.08. The zero-order valence-electron chi connectivity index (χ0n) is 7.55. The van der Waals surface area contributed by atoms with Gasteiger partial charge in [-0.25, -0.2) is 0 Å². The third kappa shape index (κ3) is 4.79. The summed E-state index contributed by atoms with van der Waals surface area (Å²) in [6.07, 6.45) is 0. The molecule has 1 N–H and O–H groups in total. The van der Waals surface area contributed by atoms with Gasteiger partial charge in [0.25, 0.3) is 0 Å². The van der Waals surface area contributed by atoms with Gasteiger partial charge in [-0.05, 0) is 27.7 Å². The normalized spacial score (nSPS) is 14.3. The summed E-state index contributed by atoms with van der Waals surface area (Å²) in [6.45, 7) is 6.88. The summed E-state index contributed by atoms with van der Waals surface area (Å²) < 4.78 is 4.99. The molecule has 3 heteroatoms. The molecule has 0 saturated heterocycles. The molecule has 0 aromatic carbocycles. The standard InChI is InChI=1S/C8H16O3/c1-6(5-9)7(10)11-8(2,3)4/h6,9H,5H2,1-4H3/t6-/m0/s1. The molecule has 0 rings (SSSR count). The van der Waals surface area contributed by atoms with Crippen molar-refractivity contribution in [2.75, 3.05) is 6.61 Å². The van der Waals surface area contributed by atoms with Crippen molar-refractivity contribution >= 4 is 5.97 Å². The molecule has 11 heavy (non-hydrogen) atoms. The Kier molecular flexibility index (Phi) is 3.52. The van der Waals surface area contributed by atoms with Crippen LogP contribution in [0.3, 0.4) is 0 Å². The minimum atomic E-state index is -0.458. The molecule has 0 bridgehead atoms. The van der Waals surface area contributed by atoms with Crippen LogP contribution < -0.4 is 0 Å². The van der Waals surface area contributed by atoms with E-state index in [-0.39, 0.29) is 12.6 Å². The highest BCUT2D eigenvalue weighted by Crippen LogP contribution is 2.10. The van der Waals surface area contributed by atoms with Crippen molar-refractivity contribution in [3.63, 3.8) is 0 Å². The van der Waals surface area contributed by atoms with E-state index in [2.05, 4.69) is 0 Å². The topological polar surface area (TPSA) is 46.5 Å². The van der Waals surface area contributed by atoms with Gasteiger partial charge in [-0.15, -0.1) is 0 Å². The fourth-order valence-electron chi connectivity index (χ4n) is 0.477. The van der Waals surface area contributed by atoms with Gasteiger partial charge in [0.1, 0.15) is 5.60 Å². The van der Waals surface area contributed by atoms with Gasteiger partial charge in [0, 0.05) is 0 Å². The number of aliphatic hydroxyl groups excluding tert-OH is 1. The maximum Gasteiger partial charge on any atom is 0.311 e. The lowest BCUT2D eigenvalue weighted by atomic mass is 10.1. The van der Waals surface area contributed by atoms with Crippen LogP contribution in [-0.4, -0.2) is 23.3 Å². The summed E-state index contributed by atoms with van der Waals surface area (Å²) >= 11 is 0. The van der Waals surface area contributed by atoms with Gasteiger partial charge in [-0.2, -0.15) is 0 Å². The maximum atomic E-state index is 11.0. The number of hydrogen-bond donors (Lipinski definition) is 1. The van der Waals surface area contributed by atoms with Crippen LogP contribution >= 0.6 is 0 Å². The van der Waals surface area contributed by atoms with E-state index in [1.165, 1.54) is 0 Å². The SMILES string of the molecule is C[C@@H](CO)C(=O)OC(C)(C)C. The van der Waals surface area contributed by atoms with E-state index in [4.69, 9.17) is 9.84 Å². The zero-order chi connectivity index (χ0) is 9.07. The molecule has 0 aliphatic rings. The Labute approximate surface area is 67.4 Å². The van der Waals surface area contributed by atoms with Crippen molar-refractivity contribution in [1.82, 2.24) is 0 Å². The van der Waals surface area contributed by atoms with E-state index in [1.807, 2.05) is 0 Å². The zero-order valence-corrected chi connectivity index (χ0v) is 7.55. The average Bonchev–Trinajstić information content (AvgIpc) is 1.82. The minimum absolute atomic E-state index is 0.158. The van der Waals surface area contributed by atoms with Crippen molar-refractivity contribution < 1.29 is 14.6 Å². The molecule has 0 aliphatic heterocycles. The monoisotopic (exact) mass is 160 g/mol. The van der Waals surface area contributed by atoms with E-state index >= 15 is 0 Å². The molecule has 66 valence electrons. The highest BCUT2D eigenvalue weighted by Gasteiger charge is 2.20. The van der Waals surface area contributed by atoms with Crippen LogP contribution in [0.4, 0.5) is 0 Å². The van der Waals surface area contributed by atoms with Gasteiger partial charge < -0.3 is 9.84 Å². The number of carbonyl (C=O) groups is 1. The van der Waals surface area contributed by atoms with Crippen LogP contribution in [0.5, 0.6) is 0 Å². The highest BCUT2D eigenvalue weighted by atomic mass is 16.6. The molecule has 0 aromatic heterocycles. The van der Waals surface area contributed by atoms with Crippen molar-refractivity contribution in [1.29, 1.82) is 0 Å². The van der Waals surface area contributed by atoms with Crippen LogP contribution in [0.2, 0.25) is 0 Å². The lowest BCUT2D eigenvalue weighted by Gasteiger charge is -2.21. The summed E-state index contributed by atoms with van der Waals surface area (Å²) in [4.78, 5) is 11.0. The molecule has 0 fully saturated rings. The van der Waals surface area contributed by atoms with Gasteiger partial charge in [-0.1, -0.05) is 0 Å². The predicted octanol–water partition coefficient (Wildman–Crippen LogP) is 0.956. The first-order valence-corrected chi connectivity index (χ1v) is 3.70. The number of ether oxygens (including phenoxy) is 1. The van der Waals surface area contributed by atoms with E-state index in [1.54, 1.807) is 27.7 Å². The van der Waals surface area contributed by atoms with Gasteiger partial charge in [0.15, 0.2) is 0 Å². The second-order valence-electron chi connectivity index (χ2n) is 3.62. The Balaban J connectivity index is 3.88. The molecule has 3 nitrogen and oxygen atoms in total. The first-order chi connectivity index (χ1) is 4.87. The van der Waals surface area contributed by atoms with E-state index < -0.39 is 11.5 Å². The Bertz CT molecular complexity index is 135. The molecule has 0 heterocycles. The largest absolute Gasteiger partial charge is 0.460 e. The second kappa shape index (κ2) is 3.72. The Morgan fingerprint density at radius 2 is 2.00 bits per heavy atom. The molecule has 1 atom stereocenters. The number of rotatable bonds is 2. The number of hydrogen-bond acceptors (Lipinski definition) is 3. The Morgan fingerprint density at radius 3 is 2.27 bits per heavy atom. The summed E-state index contributed by atoms with van der Waals surface area (Å²) in [5.41, 5.74) is -0.458. The van der Waals surface area contributed by atoms with Crippen LogP contribution in [0.15, 0.2) is 0 Å². The van der Waals surface area contributed by atoms with Gasteiger partial charge in [-0.3, -0.25) is 4.79 Å². The molecule has 0 aliphatic carbocycles. The summed E-state index contributed by atoms with van der Waals surface area (Å²) in [6, 6.07) is 0. The average molecular weight is 160 g/mol. The highest BCUT2D eigenvalue weighted by molar-refractivity contribution is 5.72. The van der Waals surface area contributed by atoms with E-state index in [0.717, 1.165) is 0 Å². The van der Waals surface area contributed by atoms with Crippen molar-refractivity contribution in [3.05, 3.63) is 0 Å². The molecule has 0 amide bonds.